The van der Waals surface area contributed by atoms with Crippen molar-refractivity contribution in [2.45, 2.75) is 6.10 Å². The number of carbonyl (C=O) groups is 1. The Bertz CT molecular complexity index is 498. The lowest BCUT2D eigenvalue weighted by Gasteiger charge is -2.31. The van der Waals surface area contributed by atoms with Crippen LogP contribution in [-0.2, 0) is 14.3 Å². The van der Waals surface area contributed by atoms with E-state index in [0.29, 0.717) is 42.1 Å². The van der Waals surface area contributed by atoms with Crippen molar-refractivity contribution in [3.63, 3.8) is 0 Å². The molecule has 1 fully saturated rings. The number of methoxy groups -OCH3 is 1. The molecule has 1 unspecified atom stereocenters. The molecule has 1 saturated heterocycles. The number of benzene rings is 1. The number of halogens is 2. The highest BCUT2D eigenvalue weighted by atomic mass is 35.5. The molecule has 0 bridgehead atoms. The number of carbonyl (C=O) groups excluding carboxylic acids is 1. The van der Waals surface area contributed by atoms with Gasteiger partial charge in [0.05, 0.1) is 25.3 Å². The van der Waals surface area contributed by atoms with Crippen LogP contribution < -0.4 is 4.74 Å². The number of esters is 1. The highest BCUT2D eigenvalue weighted by Crippen LogP contribution is 2.28. The average Bonchev–Trinajstić information content (AvgIpc) is 2.48. The van der Waals surface area contributed by atoms with Crippen molar-refractivity contribution in [2.24, 2.45) is 0 Å². The monoisotopic (exact) mass is 333 g/mol. The SMILES string of the molecule is COC(=O)CN1CCOC(COc2cc(Cl)ccc2Cl)C1. The second kappa shape index (κ2) is 7.84. The van der Waals surface area contributed by atoms with Gasteiger partial charge in [0, 0.05) is 24.2 Å². The predicted molar refractivity (Wildman–Crippen MR) is 80.2 cm³/mol. The summed E-state index contributed by atoms with van der Waals surface area (Å²) in [5.74, 6) is 0.271. The quantitative estimate of drug-likeness (QED) is 0.773. The van der Waals surface area contributed by atoms with Crippen LogP contribution in [0.25, 0.3) is 0 Å². The van der Waals surface area contributed by atoms with Gasteiger partial charge >= 0.3 is 5.97 Å². The van der Waals surface area contributed by atoms with E-state index in [4.69, 9.17) is 32.7 Å². The van der Waals surface area contributed by atoms with Crippen molar-refractivity contribution in [2.75, 3.05) is 40.0 Å². The van der Waals surface area contributed by atoms with Gasteiger partial charge in [0.15, 0.2) is 0 Å². The Balaban J connectivity index is 1.85. The zero-order chi connectivity index (χ0) is 15.2. The van der Waals surface area contributed by atoms with Gasteiger partial charge in [0.2, 0.25) is 0 Å². The summed E-state index contributed by atoms with van der Waals surface area (Å²) in [7, 11) is 1.38. The van der Waals surface area contributed by atoms with Crippen molar-refractivity contribution in [1.29, 1.82) is 0 Å². The van der Waals surface area contributed by atoms with Crippen molar-refractivity contribution < 1.29 is 19.0 Å². The summed E-state index contributed by atoms with van der Waals surface area (Å²) in [6.45, 7) is 2.46. The summed E-state index contributed by atoms with van der Waals surface area (Å²) in [5, 5.41) is 1.06. The Morgan fingerprint density at radius 2 is 2.29 bits per heavy atom. The van der Waals surface area contributed by atoms with Crippen LogP contribution >= 0.6 is 23.2 Å². The summed E-state index contributed by atoms with van der Waals surface area (Å²) < 4.78 is 15.9. The Labute approximate surface area is 133 Å². The van der Waals surface area contributed by atoms with Crippen LogP contribution in [0.15, 0.2) is 18.2 Å². The maximum Gasteiger partial charge on any atom is 0.319 e. The molecular weight excluding hydrogens is 317 g/mol. The van der Waals surface area contributed by atoms with Gasteiger partial charge in [-0.15, -0.1) is 0 Å². The van der Waals surface area contributed by atoms with E-state index < -0.39 is 0 Å². The lowest BCUT2D eigenvalue weighted by molar-refractivity contribution is -0.144. The molecule has 116 valence electrons. The molecule has 5 nitrogen and oxygen atoms in total. The maximum absolute atomic E-state index is 11.3. The van der Waals surface area contributed by atoms with Gasteiger partial charge in [0.25, 0.3) is 0 Å². The van der Waals surface area contributed by atoms with Crippen molar-refractivity contribution in [3.8, 4) is 5.75 Å². The Morgan fingerprint density at radius 3 is 3.05 bits per heavy atom. The Hall–Kier alpha value is -1.01. The van der Waals surface area contributed by atoms with Crippen LogP contribution in [0.4, 0.5) is 0 Å². The second-order valence-corrected chi connectivity index (χ2v) is 5.53. The highest BCUT2D eigenvalue weighted by Gasteiger charge is 2.23. The van der Waals surface area contributed by atoms with Crippen LogP contribution in [0.3, 0.4) is 0 Å². The molecule has 0 N–H and O–H groups in total. The smallest absolute Gasteiger partial charge is 0.319 e. The standard InChI is InChI=1S/C14H17Cl2NO4/c1-19-14(18)8-17-4-5-20-11(7-17)9-21-13-6-10(15)2-3-12(13)16/h2-3,6,11H,4-5,7-9H2,1H3. The first-order valence-corrected chi connectivity index (χ1v) is 7.32. The van der Waals surface area contributed by atoms with Gasteiger partial charge in [-0.05, 0) is 12.1 Å². The molecule has 7 heteroatoms. The molecule has 0 saturated carbocycles. The van der Waals surface area contributed by atoms with E-state index in [-0.39, 0.29) is 18.6 Å². The third kappa shape index (κ3) is 5.04. The minimum Gasteiger partial charge on any atom is -0.489 e. The van der Waals surface area contributed by atoms with Crippen molar-refractivity contribution >= 4 is 29.2 Å². The topological polar surface area (TPSA) is 48.0 Å². The largest absolute Gasteiger partial charge is 0.489 e. The van der Waals surface area contributed by atoms with E-state index in [9.17, 15) is 4.79 Å². The minimum atomic E-state index is -0.255. The van der Waals surface area contributed by atoms with Gasteiger partial charge in [-0.1, -0.05) is 23.2 Å². The molecule has 1 aliphatic heterocycles. The molecule has 1 aromatic rings. The lowest BCUT2D eigenvalue weighted by atomic mass is 10.3. The molecule has 2 rings (SSSR count). The van der Waals surface area contributed by atoms with E-state index in [1.807, 2.05) is 4.90 Å². The van der Waals surface area contributed by atoms with E-state index in [0.717, 1.165) is 0 Å². The van der Waals surface area contributed by atoms with E-state index >= 15 is 0 Å². The molecule has 0 spiro atoms. The number of morpholine rings is 1. The van der Waals surface area contributed by atoms with Gasteiger partial charge in [-0.25, -0.2) is 0 Å². The first kappa shape index (κ1) is 16.4. The van der Waals surface area contributed by atoms with Gasteiger partial charge in [0.1, 0.15) is 18.5 Å². The molecule has 0 aromatic heterocycles. The molecule has 1 aliphatic rings. The summed E-state index contributed by atoms with van der Waals surface area (Å²) >= 11 is 11.9. The molecule has 0 aliphatic carbocycles. The number of nitrogens with zero attached hydrogens (tertiary/aromatic N) is 1. The van der Waals surface area contributed by atoms with Crippen molar-refractivity contribution in [3.05, 3.63) is 28.2 Å². The molecule has 21 heavy (non-hydrogen) atoms. The molecule has 0 amide bonds. The first-order valence-electron chi connectivity index (χ1n) is 6.57. The Morgan fingerprint density at radius 1 is 1.48 bits per heavy atom. The molecule has 1 aromatic carbocycles. The fourth-order valence-electron chi connectivity index (χ4n) is 2.04. The van der Waals surface area contributed by atoms with Gasteiger partial charge in [-0.2, -0.15) is 0 Å². The van der Waals surface area contributed by atoms with Crippen LogP contribution in [0.2, 0.25) is 10.0 Å². The number of hydrogen-bond donors (Lipinski definition) is 0. The van der Waals surface area contributed by atoms with Crippen LogP contribution in [0, 0.1) is 0 Å². The molecular formula is C14H17Cl2NO4. The summed E-state index contributed by atoms with van der Waals surface area (Å²) in [4.78, 5) is 13.3. The molecule has 1 atom stereocenters. The second-order valence-electron chi connectivity index (χ2n) is 4.69. The molecule has 0 radical (unpaired) electrons. The molecule has 1 heterocycles. The highest BCUT2D eigenvalue weighted by molar-refractivity contribution is 6.34. The average molecular weight is 334 g/mol. The maximum atomic E-state index is 11.3. The van der Waals surface area contributed by atoms with E-state index in [1.165, 1.54) is 7.11 Å². The lowest BCUT2D eigenvalue weighted by Crippen LogP contribution is -2.46. The zero-order valence-electron chi connectivity index (χ0n) is 11.7. The summed E-state index contributed by atoms with van der Waals surface area (Å²) in [6, 6.07) is 5.05. The predicted octanol–water partition coefficient (Wildman–Crippen LogP) is 2.25. The summed E-state index contributed by atoms with van der Waals surface area (Å²) in [5.41, 5.74) is 0. The van der Waals surface area contributed by atoms with Gasteiger partial charge in [-0.3, -0.25) is 9.69 Å². The number of hydrogen-bond acceptors (Lipinski definition) is 5. The zero-order valence-corrected chi connectivity index (χ0v) is 13.2. The van der Waals surface area contributed by atoms with Crippen LogP contribution in [0.1, 0.15) is 0 Å². The third-order valence-electron chi connectivity index (χ3n) is 3.12. The first-order chi connectivity index (χ1) is 10.1. The van der Waals surface area contributed by atoms with E-state index in [2.05, 4.69) is 4.74 Å². The van der Waals surface area contributed by atoms with Gasteiger partial charge < -0.3 is 14.2 Å². The third-order valence-corrected chi connectivity index (χ3v) is 3.67. The fraction of sp³-hybridized carbons (Fsp3) is 0.500. The fourth-order valence-corrected chi connectivity index (χ4v) is 2.38. The number of ether oxygens (including phenoxy) is 3. The Kier molecular flexibility index (Phi) is 6.11. The van der Waals surface area contributed by atoms with Crippen molar-refractivity contribution in [1.82, 2.24) is 4.90 Å². The summed E-state index contributed by atoms with van der Waals surface area (Å²) in [6.07, 6.45) is -0.126. The normalized spacial score (nSPS) is 19.3. The number of rotatable bonds is 5. The van der Waals surface area contributed by atoms with Crippen LogP contribution in [0.5, 0.6) is 5.75 Å². The van der Waals surface area contributed by atoms with Crippen LogP contribution in [-0.4, -0.2) is 56.9 Å². The minimum absolute atomic E-state index is 0.126. The van der Waals surface area contributed by atoms with E-state index in [1.54, 1.807) is 18.2 Å².